The number of aryl methyl sites for hydroxylation is 1. The average Bonchev–Trinajstić information content (AvgIpc) is 2.47. The van der Waals surface area contributed by atoms with Crippen molar-refractivity contribution in [2.75, 3.05) is 0 Å². The standard InChI is InChI=1S/C17H25NO2/c1-4-15-10-14(11-16(5-2)20-15)18-17(19)13-8-6-12(3)7-9-13/h6-9,14-16H,4-5,10-11H2,1-3H3,(H,18,19)/t14?,15-,16+. The molecule has 2 rings (SSSR count). The van der Waals surface area contributed by atoms with Gasteiger partial charge in [-0.15, -0.1) is 0 Å². The highest BCUT2D eigenvalue weighted by molar-refractivity contribution is 5.94. The number of nitrogens with one attached hydrogen (secondary N) is 1. The van der Waals surface area contributed by atoms with Crippen LogP contribution in [0.15, 0.2) is 24.3 Å². The molecule has 3 nitrogen and oxygen atoms in total. The van der Waals surface area contributed by atoms with E-state index in [0.717, 1.165) is 31.2 Å². The van der Waals surface area contributed by atoms with Crippen molar-refractivity contribution < 1.29 is 9.53 Å². The molecule has 3 atom stereocenters. The monoisotopic (exact) mass is 275 g/mol. The number of hydrogen-bond acceptors (Lipinski definition) is 2. The van der Waals surface area contributed by atoms with Crippen LogP contribution in [0.4, 0.5) is 0 Å². The smallest absolute Gasteiger partial charge is 0.251 e. The van der Waals surface area contributed by atoms with Crippen LogP contribution in [0.25, 0.3) is 0 Å². The summed E-state index contributed by atoms with van der Waals surface area (Å²) < 4.78 is 5.97. The molecule has 20 heavy (non-hydrogen) atoms. The molecule has 1 amide bonds. The molecule has 1 aromatic carbocycles. The van der Waals surface area contributed by atoms with Crippen LogP contribution in [0.5, 0.6) is 0 Å². The zero-order chi connectivity index (χ0) is 14.5. The molecule has 0 bridgehead atoms. The van der Waals surface area contributed by atoms with Crippen LogP contribution in [0, 0.1) is 6.92 Å². The van der Waals surface area contributed by atoms with Gasteiger partial charge in [0.05, 0.1) is 12.2 Å². The fraction of sp³-hybridized carbons (Fsp3) is 0.588. The zero-order valence-corrected chi connectivity index (χ0v) is 12.7. The van der Waals surface area contributed by atoms with Gasteiger partial charge in [0.1, 0.15) is 0 Å². The van der Waals surface area contributed by atoms with Crippen LogP contribution < -0.4 is 5.32 Å². The second-order valence-electron chi connectivity index (χ2n) is 5.70. The first-order chi connectivity index (χ1) is 9.62. The van der Waals surface area contributed by atoms with E-state index in [9.17, 15) is 4.79 Å². The van der Waals surface area contributed by atoms with Gasteiger partial charge < -0.3 is 10.1 Å². The second-order valence-corrected chi connectivity index (χ2v) is 5.70. The molecule has 0 aliphatic carbocycles. The van der Waals surface area contributed by atoms with Crippen molar-refractivity contribution in [2.24, 2.45) is 0 Å². The first-order valence-electron chi connectivity index (χ1n) is 7.65. The van der Waals surface area contributed by atoms with E-state index in [0.29, 0.717) is 0 Å². The minimum Gasteiger partial charge on any atom is -0.375 e. The van der Waals surface area contributed by atoms with Gasteiger partial charge in [0.2, 0.25) is 0 Å². The molecule has 3 heteroatoms. The van der Waals surface area contributed by atoms with Gasteiger partial charge in [-0.05, 0) is 44.7 Å². The fourth-order valence-corrected chi connectivity index (χ4v) is 2.73. The summed E-state index contributed by atoms with van der Waals surface area (Å²) in [6.07, 6.45) is 4.41. The maximum Gasteiger partial charge on any atom is 0.251 e. The van der Waals surface area contributed by atoms with Crippen molar-refractivity contribution in [3.05, 3.63) is 35.4 Å². The molecule has 0 saturated carbocycles. The molecule has 110 valence electrons. The zero-order valence-electron chi connectivity index (χ0n) is 12.7. The fourth-order valence-electron chi connectivity index (χ4n) is 2.73. The number of carbonyl (C=O) groups is 1. The summed E-state index contributed by atoms with van der Waals surface area (Å²) in [5.41, 5.74) is 1.91. The number of amides is 1. The molecule has 1 aliphatic heterocycles. The van der Waals surface area contributed by atoms with Gasteiger partial charge in [0.15, 0.2) is 0 Å². The molecule has 1 saturated heterocycles. The van der Waals surface area contributed by atoms with E-state index in [-0.39, 0.29) is 24.2 Å². The molecule has 1 N–H and O–H groups in total. The van der Waals surface area contributed by atoms with Crippen LogP contribution in [0.3, 0.4) is 0 Å². The topological polar surface area (TPSA) is 38.3 Å². The summed E-state index contributed by atoms with van der Waals surface area (Å²) in [6.45, 7) is 6.31. The van der Waals surface area contributed by atoms with Crippen LogP contribution >= 0.6 is 0 Å². The van der Waals surface area contributed by atoms with E-state index in [1.165, 1.54) is 5.56 Å². The number of hydrogen-bond donors (Lipinski definition) is 1. The molecule has 0 aromatic heterocycles. The van der Waals surface area contributed by atoms with Gasteiger partial charge >= 0.3 is 0 Å². The minimum absolute atomic E-state index is 0.0293. The molecule has 1 aliphatic rings. The van der Waals surface area contributed by atoms with E-state index in [2.05, 4.69) is 19.2 Å². The first-order valence-corrected chi connectivity index (χ1v) is 7.65. The third-order valence-corrected chi connectivity index (χ3v) is 4.04. The summed E-state index contributed by atoms with van der Waals surface area (Å²) in [4.78, 5) is 12.3. The Labute approximate surface area is 121 Å². The molecule has 0 radical (unpaired) electrons. The molecule has 0 spiro atoms. The number of ether oxygens (including phenoxy) is 1. The van der Waals surface area contributed by atoms with Crippen molar-refractivity contribution in [3.8, 4) is 0 Å². The Hall–Kier alpha value is -1.35. The van der Waals surface area contributed by atoms with Gasteiger partial charge in [0, 0.05) is 11.6 Å². The summed E-state index contributed by atoms with van der Waals surface area (Å²) in [7, 11) is 0. The van der Waals surface area contributed by atoms with E-state index in [4.69, 9.17) is 4.74 Å². The molecular formula is C17H25NO2. The third kappa shape index (κ3) is 3.83. The Morgan fingerprint density at radius 1 is 1.15 bits per heavy atom. The summed E-state index contributed by atoms with van der Waals surface area (Å²) in [5.74, 6) is 0.0293. The number of carbonyl (C=O) groups excluding carboxylic acids is 1. The Morgan fingerprint density at radius 3 is 2.20 bits per heavy atom. The lowest BCUT2D eigenvalue weighted by molar-refractivity contribution is -0.0621. The SMILES string of the molecule is CC[C@@H]1CC(NC(=O)c2ccc(C)cc2)C[C@H](CC)O1. The van der Waals surface area contributed by atoms with Crippen LogP contribution in [0.2, 0.25) is 0 Å². The molecular weight excluding hydrogens is 250 g/mol. The Bertz CT molecular complexity index is 429. The van der Waals surface area contributed by atoms with Gasteiger partial charge in [-0.3, -0.25) is 4.79 Å². The van der Waals surface area contributed by atoms with Crippen molar-refractivity contribution in [1.29, 1.82) is 0 Å². The molecule has 1 unspecified atom stereocenters. The lowest BCUT2D eigenvalue weighted by Crippen LogP contribution is -2.45. The quantitative estimate of drug-likeness (QED) is 0.914. The van der Waals surface area contributed by atoms with Crippen LogP contribution in [-0.4, -0.2) is 24.2 Å². The van der Waals surface area contributed by atoms with E-state index >= 15 is 0 Å². The van der Waals surface area contributed by atoms with Gasteiger partial charge in [0.25, 0.3) is 5.91 Å². The predicted octanol–water partition coefficient (Wildman–Crippen LogP) is 3.46. The summed E-state index contributed by atoms with van der Waals surface area (Å²) in [5, 5.41) is 3.16. The highest BCUT2D eigenvalue weighted by Gasteiger charge is 2.28. The lowest BCUT2D eigenvalue weighted by atomic mass is 9.95. The Morgan fingerprint density at radius 2 is 1.70 bits per heavy atom. The number of benzene rings is 1. The largest absolute Gasteiger partial charge is 0.375 e. The first kappa shape index (κ1) is 15.0. The highest BCUT2D eigenvalue weighted by atomic mass is 16.5. The second kappa shape index (κ2) is 6.89. The van der Waals surface area contributed by atoms with Gasteiger partial charge in [-0.1, -0.05) is 31.5 Å². The molecule has 1 fully saturated rings. The third-order valence-electron chi connectivity index (χ3n) is 4.04. The lowest BCUT2D eigenvalue weighted by Gasteiger charge is -2.35. The predicted molar refractivity (Wildman–Crippen MR) is 80.9 cm³/mol. The summed E-state index contributed by atoms with van der Waals surface area (Å²) in [6, 6.07) is 7.95. The maximum absolute atomic E-state index is 12.3. The van der Waals surface area contributed by atoms with Crippen LogP contribution in [-0.2, 0) is 4.74 Å². The highest BCUT2D eigenvalue weighted by Crippen LogP contribution is 2.23. The Kier molecular flexibility index (Phi) is 5.18. The minimum atomic E-state index is 0.0293. The van der Waals surface area contributed by atoms with E-state index < -0.39 is 0 Å². The molecule has 1 aromatic rings. The Balaban J connectivity index is 1.97. The van der Waals surface area contributed by atoms with Crippen LogP contribution in [0.1, 0.15) is 55.5 Å². The van der Waals surface area contributed by atoms with E-state index in [1.54, 1.807) is 0 Å². The number of rotatable bonds is 4. The normalized spacial score (nSPS) is 26.2. The van der Waals surface area contributed by atoms with Gasteiger partial charge in [-0.2, -0.15) is 0 Å². The molecule has 1 heterocycles. The van der Waals surface area contributed by atoms with Crippen molar-refractivity contribution in [3.63, 3.8) is 0 Å². The van der Waals surface area contributed by atoms with Gasteiger partial charge in [-0.25, -0.2) is 0 Å². The van der Waals surface area contributed by atoms with Crippen molar-refractivity contribution in [2.45, 2.75) is 64.7 Å². The van der Waals surface area contributed by atoms with E-state index in [1.807, 2.05) is 31.2 Å². The summed E-state index contributed by atoms with van der Waals surface area (Å²) >= 11 is 0. The maximum atomic E-state index is 12.3. The average molecular weight is 275 g/mol. The van der Waals surface area contributed by atoms with Crippen molar-refractivity contribution >= 4 is 5.91 Å². The van der Waals surface area contributed by atoms with Crippen molar-refractivity contribution in [1.82, 2.24) is 5.32 Å².